The Labute approximate surface area is 122 Å². The van der Waals surface area contributed by atoms with Gasteiger partial charge in [0.05, 0.1) is 10.0 Å². The smallest absolute Gasteiger partial charge is 0.276 e. The van der Waals surface area contributed by atoms with Crippen LogP contribution in [0.25, 0.3) is 0 Å². The van der Waals surface area contributed by atoms with E-state index >= 15 is 0 Å². The summed E-state index contributed by atoms with van der Waals surface area (Å²) in [5, 5.41) is -0.853. The third kappa shape index (κ3) is 3.86. The minimum absolute atomic E-state index is 0.104. The van der Waals surface area contributed by atoms with Crippen molar-refractivity contribution in [3.05, 3.63) is 28.0 Å². The van der Waals surface area contributed by atoms with Crippen molar-refractivity contribution in [2.24, 2.45) is 0 Å². The minimum Gasteiger partial charge on any atom is -0.481 e. The monoisotopic (exact) mass is 358 g/mol. The number of halogens is 5. The van der Waals surface area contributed by atoms with E-state index in [1.165, 1.54) is 13.8 Å². The summed E-state index contributed by atoms with van der Waals surface area (Å²) in [5.74, 6) is -4.35. The van der Waals surface area contributed by atoms with Gasteiger partial charge in [-0.25, -0.2) is 13.2 Å². The van der Waals surface area contributed by atoms with Crippen LogP contribution in [-0.2, 0) is 10.7 Å². The average Bonchev–Trinajstić information content (AvgIpc) is 2.33. The van der Waals surface area contributed by atoms with Crippen LogP contribution < -0.4 is 4.74 Å². The second kappa shape index (κ2) is 6.13. The maximum atomic E-state index is 13.8. The Bertz CT molecular complexity index is 494. The largest absolute Gasteiger partial charge is 0.481 e. The normalized spacial score (nSPS) is 13.2. The molecule has 0 saturated carbocycles. The molecule has 2 nitrogen and oxygen atoms in total. The van der Waals surface area contributed by atoms with Crippen molar-refractivity contribution in [3.63, 3.8) is 0 Å². The molecule has 106 valence electrons. The molecule has 7 heteroatoms. The SMILES string of the molecule is CCC(F)(F)c1cc(Br)c(F)cc1O[C@@H](C)C(=O)Cl. The van der Waals surface area contributed by atoms with Crippen molar-refractivity contribution in [3.8, 4) is 5.75 Å². The van der Waals surface area contributed by atoms with Crippen molar-refractivity contribution < 1.29 is 22.7 Å². The Morgan fingerprint density at radius 1 is 1.53 bits per heavy atom. The number of alkyl halides is 2. The topological polar surface area (TPSA) is 26.3 Å². The molecule has 0 aliphatic rings. The van der Waals surface area contributed by atoms with E-state index in [2.05, 4.69) is 15.9 Å². The molecule has 1 rings (SSSR count). The molecule has 0 heterocycles. The Morgan fingerprint density at radius 3 is 2.58 bits per heavy atom. The van der Waals surface area contributed by atoms with Gasteiger partial charge in [-0.2, -0.15) is 0 Å². The van der Waals surface area contributed by atoms with Gasteiger partial charge in [-0.15, -0.1) is 0 Å². The average molecular weight is 360 g/mol. The summed E-state index contributed by atoms with van der Waals surface area (Å²) in [6.45, 7) is 2.58. The van der Waals surface area contributed by atoms with Crippen LogP contribution in [-0.4, -0.2) is 11.3 Å². The Balaban J connectivity index is 3.28. The van der Waals surface area contributed by atoms with Crippen molar-refractivity contribution in [2.45, 2.75) is 32.3 Å². The number of hydrogen-bond donors (Lipinski definition) is 0. The van der Waals surface area contributed by atoms with Crippen LogP contribution in [0.4, 0.5) is 13.2 Å². The molecule has 1 aromatic rings. The molecular formula is C12H11BrClF3O2. The summed E-state index contributed by atoms with van der Waals surface area (Å²) < 4.78 is 45.9. The van der Waals surface area contributed by atoms with Gasteiger partial charge in [0, 0.05) is 12.5 Å². The van der Waals surface area contributed by atoms with Crippen LogP contribution >= 0.6 is 27.5 Å². The van der Waals surface area contributed by atoms with Gasteiger partial charge in [0.1, 0.15) is 11.6 Å². The first-order valence-corrected chi connectivity index (χ1v) is 6.59. The number of ether oxygens (including phenoxy) is 1. The summed E-state index contributed by atoms with van der Waals surface area (Å²) in [7, 11) is 0. The molecule has 0 spiro atoms. The van der Waals surface area contributed by atoms with E-state index in [9.17, 15) is 18.0 Å². The van der Waals surface area contributed by atoms with E-state index in [4.69, 9.17) is 16.3 Å². The van der Waals surface area contributed by atoms with Gasteiger partial charge < -0.3 is 4.74 Å². The van der Waals surface area contributed by atoms with Crippen molar-refractivity contribution in [1.82, 2.24) is 0 Å². The van der Waals surface area contributed by atoms with E-state index < -0.39 is 40.8 Å². The van der Waals surface area contributed by atoms with Gasteiger partial charge >= 0.3 is 0 Å². The highest BCUT2D eigenvalue weighted by Gasteiger charge is 2.34. The highest BCUT2D eigenvalue weighted by atomic mass is 79.9. The number of carbonyl (C=O) groups excluding carboxylic acids is 1. The van der Waals surface area contributed by atoms with Crippen molar-refractivity contribution in [1.29, 1.82) is 0 Å². The molecule has 19 heavy (non-hydrogen) atoms. The second-order valence-electron chi connectivity index (χ2n) is 3.88. The Hall–Kier alpha value is -0.750. The molecule has 0 aromatic heterocycles. The number of rotatable bonds is 5. The van der Waals surface area contributed by atoms with Crippen molar-refractivity contribution in [2.75, 3.05) is 0 Å². The summed E-state index contributed by atoms with van der Waals surface area (Å²) in [4.78, 5) is 10.9. The second-order valence-corrected chi connectivity index (χ2v) is 5.11. The third-order valence-corrected chi connectivity index (χ3v) is 3.40. The van der Waals surface area contributed by atoms with Gasteiger partial charge in [0.25, 0.3) is 11.2 Å². The summed E-state index contributed by atoms with van der Waals surface area (Å²) in [6.07, 6.45) is -1.63. The Morgan fingerprint density at radius 2 is 2.11 bits per heavy atom. The standard InChI is InChI=1S/C12H11BrClF3O2/c1-3-12(16,17)7-4-8(13)9(15)5-10(7)19-6(2)11(14)18/h4-6H,3H2,1-2H3/t6-/m0/s1. The predicted octanol–water partition coefficient (Wildman–Crippen LogP) is 4.62. The van der Waals surface area contributed by atoms with Crippen LogP contribution in [0, 0.1) is 5.82 Å². The van der Waals surface area contributed by atoms with Crippen LogP contribution in [0.3, 0.4) is 0 Å². The first kappa shape index (κ1) is 16.3. The molecular weight excluding hydrogens is 348 g/mol. The lowest BCUT2D eigenvalue weighted by Crippen LogP contribution is -2.22. The fraction of sp³-hybridized carbons (Fsp3) is 0.417. The highest BCUT2D eigenvalue weighted by Crippen LogP contribution is 2.40. The molecule has 1 atom stereocenters. The zero-order valence-corrected chi connectivity index (χ0v) is 12.5. The van der Waals surface area contributed by atoms with Gasteiger partial charge in [0.2, 0.25) is 0 Å². The summed E-state index contributed by atoms with van der Waals surface area (Å²) >= 11 is 8.04. The van der Waals surface area contributed by atoms with E-state index in [0.29, 0.717) is 0 Å². The zero-order chi connectivity index (χ0) is 14.8. The predicted molar refractivity (Wildman–Crippen MR) is 69.2 cm³/mol. The maximum absolute atomic E-state index is 13.8. The number of hydrogen-bond acceptors (Lipinski definition) is 2. The lowest BCUT2D eigenvalue weighted by Gasteiger charge is -2.21. The Kier molecular flexibility index (Phi) is 5.26. The molecule has 0 aliphatic heterocycles. The van der Waals surface area contributed by atoms with E-state index in [1.54, 1.807) is 0 Å². The van der Waals surface area contributed by atoms with Gasteiger partial charge in [-0.05, 0) is 40.5 Å². The molecule has 0 amide bonds. The van der Waals surface area contributed by atoms with Crippen molar-refractivity contribution >= 4 is 32.8 Å². The van der Waals surface area contributed by atoms with Crippen LogP contribution in [0.15, 0.2) is 16.6 Å². The fourth-order valence-corrected chi connectivity index (χ4v) is 1.73. The van der Waals surface area contributed by atoms with Gasteiger partial charge in [-0.1, -0.05) is 6.92 Å². The lowest BCUT2D eigenvalue weighted by molar-refractivity contribution is -0.117. The number of benzene rings is 1. The van der Waals surface area contributed by atoms with E-state index in [0.717, 1.165) is 12.1 Å². The molecule has 0 fully saturated rings. The molecule has 0 aliphatic carbocycles. The molecule has 0 unspecified atom stereocenters. The molecule has 0 N–H and O–H groups in total. The highest BCUT2D eigenvalue weighted by molar-refractivity contribution is 9.10. The quantitative estimate of drug-likeness (QED) is 0.717. The number of carbonyl (C=O) groups is 1. The molecule has 0 saturated heterocycles. The molecule has 0 radical (unpaired) electrons. The molecule has 0 bridgehead atoms. The minimum atomic E-state index is -3.19. The zero-order valence-electron chi connectivity index (χ0n) is 10.1. The third-order valence-electron chi connectivity index (χ3n) is 2.48. The van der Waals surface area contributed by atoms with Crippen LogP contribution in [0.1, 0.15) is 25.8 Å². The van der Waals surface area contributed by atoms with Crippen LogP contribution in [0.5, 0.6) is 5.75 Å². The van der Waals surface area contributed by atoms with E-state index in [-0.39, 0.29) is 4.47 Å². The maximum Gasteiger partial charge on any atom is 0.276 e. The summed E-state index contributed by atoms with van der Waals surface area (Å²) in [6, 6.07) is 1.75. The van der Waals surface area contributed by atoms with Gasteiger partial charge in [-0.3, -0.25) is 4.79 Å². The first-order valence-electron chi connectivity index (χ1n) is 5.42. The first-order chi connectivity index (χ1) is 8.69. The van der Waals surface area contributed by atoms with Gasteiger partial charge in [0.15, 0.2) is 6.10 Å². The molecule has 1 aromatic carbocycles. The lowest BCUT2D eigenvalue weighted by atomic mass is 10.0. The summed E-state index contributed by atoms with van der Waals surface area (Å²) in [5.41, 5.74) is -0.493. The fourth-order valence-electron chi connectivity index (χ4n) is 1.34. The van der Waals surface area contributed by atoms with E-state index in [1.807, 2.05) is 0 Å². The van der Waals surface area contributed by atoms with Crippen LogP contribution in [0.2, 0.25) is 0 Å².